The van der Waals surface area contributed by atoms with Gasteiger partial charge in [0, 0.05) is 11.8 Å². The van der Waals surface area contributed by atoms with Gasteiger partial charge in [0.2, 0.25) is 10.8 Å². The van der Waals surface area contributed by atoms with E-state index in [-0.39, 0.29) is 0 Å². The Kier molecular flexibility index (Phi) is 9.49. The van der Waals surface area contributed by atoms with Crippen LogP contribution in [0.5, 0.6) is 0 Å². The Bertz CT molecular complexity index is 196. The lowest BCUT2D eigenvalue weighted by molar-refractivity contribution is 0.345. The Morgan fingerprint density at radius 3 is 2.20 bits per heavy atom. The molecule has 2 N–H and O–H groups in total. The van der Waals surface area contributed by atoms with Crippen LogP contribution in [-0.4, -0.2) is 22.1 Å². The van der Waals surface area contributed by atoms with Crippen molar-refractivity contribution in [1.29, 1.82) is 0 Å². The summed E-state index contributed by atoms with van der Waals surface area (Å²) in [5, 5.41) is 0. The van der Waals surface area contributed by atoms with Gasteiger partial charge in [0.15, 0.2) is 0 Å². The first-order chi connectivity index (χ1) is 7.02. The van der Waals surface area contributed by atoms with Gasteiger partial charge in [-0.3, -0.25) is 0 Å². The largest absolute Gasteiger partial charge is 0.428 e. The molecule has 1 atom stereocenters. The fourth-order valence-corrected chi connectivity index (χ4v) is 5.11. The van der Waals surface area contributed by atoms with Gasteiger partial charge in [0.25, 0.3) is 0 Å². The van der Waals surface area contributed by atoms with Gasteiger partial charge in [-0.05, 0) is 13.3 Å². The van der Waals surface area contributed by atoms with Crippen LogP contribution in [0.3, 0.4) is 0 Å². The first kappa shape index (κ1) is 15.9. The van der Waals surface area contributed by atoms with E-state index in [9.17, 15) is 9.79 Å². The molecule has 0 amide bonds. The van der Waals surface area contributed by atoms with Gasteiger partial charge >= 0.3 is 5.69 Å². The van der Waals surface area contributed by atoms with Gasteiger partial charge in [-0.25, -0.2) is 0 Å². The third kappa shape index (κ3) is 8.66. The molecule has 0 radical (unpaired) electrons. The van der Waals surface area contributed by atoms with E-state index in [1.165, 1.54) is 19.3 Å². The van der Waals surface area contributed by atoms with Crippen LogP contribution >= 0.6 is 5.69 Å². The lowest BCUT2D eigenvalue weighted by Crippen LogP contribution is -2.10. The maximum absolute atomic E-state index is 9.29. The summed E-state index contributed by atoms with van der Waals surface area (Å²) >= 11 is 4.63. The summed E-state index contributed by atoms with van der Waals surface area (Å²) in [6.07, 6.45) is 5.85. The van der Waals surface area contributed by atoms with Crippen LogP contribution in [0.4, 0.5) is 0 Å². The SMILES string of the molecule is CCCCCCCO[S+](CC)P(O)(O)=S. The zero-order valence-corrected chi connectivity index (χ0v) is 12.0. The lowest BCUT2D eigenvalue weighted by Gasteiger charge is -2.07. The summed E-state index contributed by atoms with van der Waals surface area (Å²) in [6, 6.07) is 0. The molecular formula is C9H22O3PS2+. The summed E-state index contributed by atoms with van der Waals surface area (Å²) < 4.78 is 5.41. The smallest absolute Gasteiger partial charge is 0.305 e. The van der Waals surface area contributed by atoms with Crippen molar-refractivity contribution in [1.82, 2.24) is 0 Å². The zero-order chi connectivity index (χ0) is 11.7. The summed E-state index contributed by atoms with van der Waals surface area (Å²) in [5.74, 6) is 0.596. The van der Waals surface area contributed by atoms with Gasteiger partial charge in [-0.15, -0.1) is 0 Å². The first-order valence-corrected chi connectivity index (χ1v) is 10.1. The Morgan fingerprint density at radius 1 is 1.13 bits per heavy atom. The third-order valence-electron chi connectivity index (χ3n) is 1.98. The number of hydrogen-bond acceptors (Lipinski definition) is 2. The van der Waals surface area contributed by atoms with Crippen LogP contribution in [0, 0.1) is 0 Å². The highest BCUT2D eigenvalue weighted by atomic mass is 33.0. The molecule has 0 rings (SSSR count). The molecule has 0 spiro atoms. The fraction of sp³-hybridized carbons (Fsp3) is 1.00. The van der Waals surface area contributed by atoms with E-state index in [0.29, 0.717) is 12.4 Å². The number of hydrogen-bond donors (Lipinski definition) is 2. The van der Waals surface area contributed by atoms with Crippen molar-refractivity contribution < 1.29 is 14.0 Å². The predicted molar refractivity (Wildman–Crippen MR) is 71.3 cm³/mol. The highest BCUT2D eigenvalue weighted by molar-refractivity contribution is 8.63. The summed E-state index contributed by atoms with van der Waals surface area (Å²) in [7, 11) is -0.819. The molecule has 0 fully saturated rings. The molecule has 0 aromatic carbocycles. The van der Waals surface area contributed by atoms with Crippen molar-refractivity contribution in [3.8, 4) is 0 Å². The summed E-state index contributed by atoms with van der Waals surface area (Å²) in [4.78, 5) is 18.6. The van der Waals surface area contributed by atoms with E-state index >= 15 is 0 Å². The summed E-state index contributed by atoms with van der Waals surface area (Å²) in [6.45, 7) is 4.65. The Balaban J connectivity index is 3.52. The fourth-order valence-electron chi connectivity index (χ4n) is 1.18. The molecule has 92 valence electrons. The molecule has 1 unspecified atom stereocenters. The molecule has 15 heavy (non-hydrogen) atoms. The van der Waals surface area contributed by atoms with E-state index < -0.39 is 16.5 Å². The molecule has 0 saturated heterocycles. The molecule has 0 aliphatic carbocycles. The predicted octanol–water partition coefficient (Wildman–Crippen LogP) is 2.74. The van der Waals surface area contributed by atoms with Gasteiger partial charge in [0.05, 0.1) is 0 Å². The third-order valence-corrected chi connectivity index (χ3v) is 7.62. The highest BCUT2D eigenvalue weighted by Crippen LogP contribution is 2.46. The van der Waals surface area contributed by atoms with Crippen molar-refractivity contribution in [2.24, 2.45) is 0 Å². The molecule has 0 heterocycles. The Labute approximate surface area is 101 Å². The van der Waals surface area contributed by atoms with Crippen LogP contribution in [0.25, 0.3) is 0 Å². The van der Waals surface area contributed by atoms with Crippen LogP contribution < -0.4 is 0 Å². The van der Waals surface area contributed by atoms with E-state index in [1.807, 2.05) is 6.92 Å². The average molecular weight is 273 g/mol. The van der Waals surface area contributed by atoms with Crippen molar-refractivity contribution in [3.63, 3.8) is 0 Å². The van der Waals surface area contributed by atoms with Gasteiger partial charge in [-0.1, -0.05) is 32.6 Å². The molecule has 0 aliphatic heterocycles. The number of unbranched alkanes of at least 4 members (excludes halogenated alkanes) is 4. The highest BCUT2D eigenvalue weighted by Gasteiger charge is 2.36. The van der Waals surface area contributed by atoms with Gasteiger partial charge in [0.1, 0.15) is 12.4 Å². The minimum Gasteiger partial charge on any atom is -0.305 e. The average Bonchev–Trinajstić information content (AvgIpc) is 2.15. The second-order valence-electron chi connectivity index (χ2n) is 3.34. The molecular weight excluding hydrogens is 251 g/mol. The van der Waals surface area contributed by atoms with E-state index in [2.05, 4.69) is 18.7 Å². The van der Waals surface area contributed by atoms with E-state index in [4.69, 9.17) is 4.18 Å². The lowest BCUT2D eigenvalue weighted by atomic mass is 10.2. The summed E-state index contributed by atoms with van der Waals surface area (Å²) in [5.41, 5.74) is -3.20. The Hall–Kier alpha value is 0.880. The van der Waals surface area contributed by atoms with Gasteiger partial charge < -0.3 is 9.79 Å². The van der Waals surface area contributed by atoms with Crippen LogP contribution in [0.2, 0.25) is 0 Å². The first-order valence-electron chi connectivity index (χ1n) is 5.42. The molecule has 6 heteroatoms. The van der Waals surface area contributed by atoms with Gasteiger partial charge in [-0.2, -0.15) is 4.18 Å². The molecule has 0 aromatic heterocycles. The second-order valence-corrected chi connectivity index (χ2v) is 10.7. The monoisotopic (exact) mass is 273 g/mol. The van der Waals surface area contributed by atoms with E-state index in [1.54, 1.807) is 0 Å². The molecule has 0 saturated carbocycles. The molecule has 0 aromatic rings. The normalized spacial score (nSPS) is 14.1. The molecule has 0 bridgehead atoms. The van der Waals surface area contributed by atoms with E-state index in [0.717, 1.165) is 12.8 Å². The number of rotatable bonds is 9. The van der Waals surface area contributed by atoms with Crippen molar-refractivity contribution in [2.45, 2.75) is 46.0 Å². The minimum atomic E-state index is -3.20. The maximum atomic E-state index is 9.29. The van der Waals surface area contributed by atoms with Crippen molar-refractivity contribution in [3.05, 3.63) is 0 Å². The molecule has 0 aliphatic rings. The van der Waals surface area contributed by atoms with Crippen molar-refractivity contribution >= 4 is 28.3 Å². The standard InChI is InChI=1S/C9H21O3PS2/c1-3-5-6-7-8-9-12-15(4-2)13(10,11)14/h3-9H2,1-2H3,(H-,10,11,14)/p+1. The second kappa shape index (κ2) is 8.97. The van der Waals surface area contributed by atoms with Crippen LogP contribution in [0.1, 0.15) is 46.0 Å². The Morgan fingerprint density at radius 2 is 1.73 bits per heavy atom. The van der Waals surface area contributed by atoms with Crippen LogP contribution in [0.15, 0.2) is 0 Å². The zero-order valence-electron chi connectivity index (χ0n) is 9.52. The minimum absolute atomic E-state index is 0.596. The molecule has 3 nitrogen and oxygen atoms in total. The topological polar surface area (TPSA) is 49.7 Å². The quantitative estimate of drug-likeness (QED) is 0.385. The van der Waals surface area contributed by atoms with Crippen LogP contribution in [-0.2, 0) is 26.8 Å². The maximum Gasteiger partial charge on any atom is 0.428 e. The van der Waals surface area contributed by atoms with Crippen molar-refractivity contribution in [2.75, 3.05) is 12.4 Å².